The first-order chi connectivity index (χ1) is 7.93. The van der Waals surface area contributed by atoms with E-state index in [9.17, 15) is 9.59 Å². The van der Waals surface area contributed by atoms with Gasteiger partial charge in [-0.15, -0.1) is 0 Å². The van der Waals surface area contributed by atoms with Gasteiger partial charge in [-0.1, -0.05) is 30.1 Å². The molecule has 2 N–H and O–H groups in total. The molecule has 0 saturated heterocycles. The zero-order valence-corrected chi connectivity index (χ0v) is 10.5. The molecule has 1 aromatic rings. The highest BCUT2D eigenvalue weighted by molar-refractivity contribution is 6.35. The van der Waals surface area contributed by atoms with Gasteiger partial charge < -0.3 is 10.4 Å². The Balaban J connectivity index is 2.86. The number of carbonyl (C=O) groups excluding carboxylic acids is 1. The molecule has 0 heterocycles. The lowest BCUT2D eigenvalue weighted by molar-refractivity contribution is -0.139. The highest BCUT2D eigenvalue weighted by Gasteiger charge is 2.18. The fourth-order valence-corrected chi connectivity index (χ4v) is 1.79. The van der Waals surface area contributed by atoms with E-state index in [2.05, 4.69) is 5.32 Å². The summed E-state index contributed by atoms with van der Waals surface area (Å²) in [4.78, 5) is 22.5. The lowest BCUT2D eigenvalue weighted by Crippen LogP contribution is -2.40. The molecule has 0 aliphatic carbocycles. The largest absolute Gasteiger partial charge is 0.480 e. The van der Waals surface area contributed by atoms with Crippen molar-refractivity contribution in [2.24, 2.45) is 0 Å². The molecular weight excluding hydrogens is 265 g/mol. The number of rotatable bonds is 4. The van der Waals surface area contributed by atoms with Gasteiger partial charge in [0, 0.05) is 15.6 Å². The molecule has 6 heteroatoms. The summed E-state index contributed by atoms with van der Waals surface area (Å²) in [5.41, 5.74) is 0.238. The topological polar surface area (TPSA) is 66.4 Å². The number of carboxylic acid groups (broad SMARTS) is 1. The Labute approximate surface area is 109 Å². The summed E-state index contributed by atoms with van der Waals surface area (Å²) in [6, 6.07) is 3.43. The molecule has 0 radical (unpaired) electrons. The Hall–Kier alpha value is -1.26. The van der Waals surface area contributed by atoms with E-state index in [0.717, 1.165) is 0 Å². The van der Waals surface area contributed by atoms with Crippen LogP contribution in [0, 0.1) is 0 Å². The second-order valence-corrected chi connectivity index (χ2v) is 4.30. The van der Waals surface area contributed by atoms with Gasteiger partial charge in [-0.3, -0.25) is 4.79 Å². The molecule has 92 valence electrons. The lowest BCUT2D eigenvalue weighted by atomic mass is 10.1. The summed E-state index contributed by atoms with van der Waals surface area (Å²) < 4.78 is 0. The second kappa shape index (κ2) is 5.89. The summed E-state index contributed by atoms with van der Waals surface area (Å²) in [7, 11) is 0. The molecule has 0 aliphatic heterocycles. The molecule has 0 saturated carbocycles. The first-order valence-corrected chi connectivity index (χ1v) is 5.69. The van der Waals surface area contributed by atoms with Crippen molar-refractivity contribution in [3.63, 3.8) is 0 Å². The van der Waals surface area contributed by atoms with Crippen molar-refractivity contribution in [2.75, 3.05) is 0 Å². The van der Waals surface area contributed by atoms with Crippen LogP contribution in [0.2, 0.25) is 10.0 Å². The van der Waals surface area contributed by atoms with Crippen LogP contribution in [0.1, 0.15) is 23.7 Å². The Kier molecular flexibility index (Phi) is 4.78. The standard InChI is InChI=1S/C11H11Cl2NO3/c1-2-9(11(16)17)14-10(15)6-3-7(12)5-8(13)4-6/h3-5,9H,2H2,1H3,(H,14,15)(H,16,17)/t9-/m0/s1. The number of benzene rings is 1. The SMILES string of the molecule is CC[C@H](NC(=O)c1cc(Cl)cc(Cl)c1)C(=O)O. The fraction of sp³-hybridized carbons (Fsp3) is 0.273. The molecule has 0 fully saturated rings. The summed E-state index contributed by atoms with van der Waals surface area (Å²) in [6.07, 6.45) is 0.301. The average molecular weight is 276 g/mol. The van der Waals surface area contributed by atoms with Crippen molar-refractivity contribution < 1.29 is 14.7 Å². The van der Waals surface area contributed by atoms with Crippen LogP contribution in [-0.4, -0.2) is 23.0 Å². The van der Waals surface area contributed by atoms with Gasteiger partial charge in [-0.2, -0.15) is 0 Å². The van der Waals surface area contributed by atoms with Gasteiger partial charge >= 0.3 is 5.97 Å². The minimum absolute atomic E-state index is 0.238. The van der Waals surface area contributed by atoms with E-state index in [1.807, 2.05) is 0 Å². The van der Waals surface area contributed by atoms with Crippen LogP contribution >= 0.6 is 23.2 Å². The molecule has 0 spiro atoms. The third-order valence-electron chi connectivity index (χ3n) is 2.14. The summed E-state index contributed by atoms with van der Waals surface area (Å²) in [5, 5.41) is 11.8. The van der Waals surface area contributed by atoms with Crippen molar-refractivity contribution in [2.45, 2.75) is 19.4 Å². The van der Waals surface area contributed by atoms with Gasteiger partial charge in [0.15, 0.2) is 0 Å². The highest BCUT2D eigenvalue weighted by Crippen LogP contribution is 2.19. The summed E-state index contributed by atoms with van der Waals surface area (Å²) in [6.45, 7) is 1.67. The van der Waals surface area contributed by atoms with Crippen LogP contribution in [0.3, 0.4) is 0 Å². The van der Waals surface area contributed by atoms with Crippen molar-refractivity contribution >= 4 is 35.1 Å². The van der Waals surface area contributed by atoms with Crippen LogP contribution in [0.15, 0.2) is 18.2 Å². The maximum absolute atomic E-state index is 11.7. The van der Waals surface area contributed by atoms with Gasteiger partial charge in [-0.25, -0.2) is 4.79 Å². The minimum Gasteiger partial charge on any atom is -0.480 e. The molecule has 4 nitrogen and oxygen atoms in total. The summed E-state index contributed by atoms with van der Waals surface area (Å²) >= 11 is 11.5. The van der Waals surface area contributed by atoms with Crippen LogP contribution in [0.4, 0.5) is 0 Å². The van der Waals surface area contributed by atoms with Gasteiger partial charge in [0.1, 0.15) is 6.04 Å². The number of carboxylic acids is 1. The Morgan fingerprint density at radius 3 is 2.24 bits per heavy atom. The van der Waals surface area contributed by atoms with Gasteiger partial charge in [0.25, 0.3) is 5.91 Å². The molecule has 0 aliphatic rings. The number of aliphatic carboxylic acids is 1. The van der Waals surface area contributed by atoms with Crippen LogP contribution in [0.5, 0.6) is 0 Å². The van der Waals surface area contributed by atoms with Gasteiger partial charge in [0.05, 0.1) is 0 Å². The highest BCUT2D eigenvalue weighted by atomic mass is 35.5. The Bertz CT molecular complexity index is 428. The molecule has 0 unspecified atom stereocenters. The quantitative estimate of drug-likeness (QED) is 0.888. The van der Waals surface area contributed by atoms with Gasteiger partial charge in [-0.05, 0) is 24.6 Å². The van der Waals surface area contributed by atoms with Crippen molar-refractivity contribution in [3.8, 4) is 0 Å². The number of hydrogen-bond acceptors (Lipinski definition) is 2. The zero-order chi connectivity index (χ0) is 13.0. The van der Waals surface area contributed by atoms with Crippen molar-refractivity contribution in [1.82, 2.24) is 5.32 Å². The number of hydrogen-bond donors (Lipinski definition) is 2. The number of amides is 1. The fourth-order valence-electron chi connectivity index (χ4n) is 1.26. The smallest absolute Gasteiger partial charge is 0.326 e. The molecule has 1 aromatic carbocycles. The molecule has 1 amide bonds. The zero-order valence-electron chi connectivity index (χ0n) is 9.04. The predicted octanol–water partition coefficient (Wildman–Crippen LogP) is 2.59. The minimum atomic E-state index is -1.08. The van der Waals surface area contributed by atoms with E-state index < -0.39 is 17.9 Å². The van der Waals surface area contributed by atoms with E-state index in [0.29, 0.717) is 16.5 Å². The normalized spacial score (nSPS) is 11.9. The number of halogens is 2. The third kappa shape index (κ3) is 3.91. The number of nitrogens with one attached hydrogen (secondary N) is 1. The monoisotopic (exact) mass is 275 g/mol. The average Bonchev–Trinajstić information content (AvgIpc) is 2.23. The number of carbonyl (C=O) groups is 2. The molecule has 0 bridgehead atoms. The third-order valence-corrected chi connectivity index (χ3v) is 2.57. The predicted molar refractivity (Wildman–Crippen MR) is 65.6 cm³/mol. The maximum Gasteiger partial charge on any atom is 0.326 e. The Morgan fingerprint density at radius 1 is 1.29 bits per heavy atom. The molecule has 0 aromatic heterocycles. The van der Waals surface area contributed by atoms with Crippen molar-refractivity contribution in [1.29, 1.82) is 0 Å². The molecular formula is C11H11Cl2NO3. The Morgan fingerprint density at radius 2 is 1.82 bits per heavy atom. The first kappa shape index (κ1) is 13.8. The van der Waals surface area contributed by atoms with E-state index in [1.165, 1.54) is 18.2 Å². The van der Waals surface area contributed by atoms with E-state index in [-0.39, 0.29) is 5.56 Å². The van der Waals surface area contributed by atoms with Crippen LogP contribution in [-0.2, 0) is 4.79 Å². The first-order valence-electron chi connectivity index (χ1n) is 4.93. The maximum atomic E-state index is 11.7. The summed E-state index contributed by atoms with van der Waals surface area (Å²) in [5.74, 6) is -1.59. The van der Waals surface area contributed by atoms with Gasteiger partial charge in [0.2, 0.25) is 0 Å². The van der Waals surface area contributed by atoms with E-state index in [4.69, 9.17) is 28.3 Å². The molecule has 1 atom stereocenters. The molecule has 1 rings (SSSR count). The second-order valence-electron chi connectivity index (χ2n) is 3.43. The molecule has 17 heavy (non-hydrogen) atoms. The lowest BCUT2D eigenvalue weighted by Gasteiger charge is -2.12. The van der Waals surface area contributed by atoms with Crippen LogP contribution < -0.4 is 5.32 Å². The van der Waals surface area contributed by atoms with Crippen molar-refractivity contribution in [3.05, 3.63) is 33.8 Å². The van der Waals surface area contributed by atoms with E-state index in [1.54, 1.807) is 6.92 Å². The van der Waals surface area contributed by atoms with E-state index >= 15 is 0 Å². The van der Waals surface area contributed by atoms with Crippen LogP contribution in [0.25, 0.3) is 0 Å².